The topological polar surface area (TPSA) is 74.8 Å². The molecule has 0 saturated carbocycles. The molecule has 3 rings (SSSR count). The largest absolute Gasteiger partial charge is 0.478 e. The zero-order chi connectivity index (χ0) is 20.3. The minimum absolute atomic E-state index is 0.0771. The highest BCUT2D eigenvalue weighted by atomic mass is 35.5. The number of anilines is 1. The molecule has 0 fully saturated rings. The summed E-state index contributed by atoms with van der Waals surface area (Å²) < 4.78 is 43.9. The van der Waals surface area contributed by atoms with Gasteiger partial charge in [0.25, 0.3) is 0 Å². The van der Waals surface area contributed by atoms with Gasteiger partial charge in [0, 0.05) is 5.56 Å². The number of hydrogen-bond acceptors (Lipinski definition) is 4. The Morgan fingerprint density at radius 1 is 1.14 bits per heavy atom. The van der Waals surface area contributed by atoms with Crippen LogP contribution in [0.25, 0.3) is 11.3 Å². The second-order valence-corrected chi connectivity index (χ2v) is 6.06. The summed E-state index contributed by atoms with van der Waals surface area (Å²) in [5.74, 6) is -0.617. The molecule has 144 valence electrons. The number of aromatic carboxylic acids is 1. The van der Waals surface area contributed by atoms with Crippen LogP contribution in [0.15, 0.2) is 64.1 Å². The van der Waals surface area contributed by atoms with Crippen molar-refractivity contribution in [3.05, 3.63) is 76.5 Å². The lowest BCUT2D eigenvalue weighted by atomic mass is 10.1. The fourth-order valence-corrected chi connectivity index (χ4v) is 2.55. The van der Waals surface area contributed by atoms with Crippen LogP contribution in [-0.4, -0.2) is 17.3 Å². The first kappa shape index (κ1) is 19.5. The smallest absolute Gasteiger partial charge is 0.416 e. The van der Waals surface area contributed by atoms with E-state index in [2.05, 4.69) is 10.5 Å². The Hall–Kier alpha value is -3.26. The number of alkyl halides is 3. The van der Waals surface area contributed by atoms with Gasteiger partial charge in [-0.25, -0.2) is 4.79 Å². The third-order valence-electron chi connectivity index (χ3n) is 3.68. The third kappa shape index (κ3) is 4.52. The van der Waals surface area contributed by atoms with Crippen molar-refractivity contribution >= 4 is 29.5 Å². The normalized spacial score (nSPS) is 11.7. The van der Waals surface area contributed by atoms with E-state index >= 15 is 0 Å². The summed E-state index contributed by atoms with van der Waals surface area (Å²) >= 11 is 5.79. The molecule has 2 N–H and O–H groups in total. The molecule has 0 aliphatic heterocycles. The molecule has 5 nitrogen and oxygen atoms in total. The molecule has 0 aliphatic carbocycles. The molecule has 1 heterocycles. The molecule has 28 heavy (non-hydrogen) atoms. The molecule has 0 radical (unpaired) electrons. The monoisotopic (exact) mass is 408 g/mol. The minimum atomic E-state index is -4.44. The van der Waals surface area contributed by atoms with E-state index in [-0.39, 0.29) is 21.9 Å². The van der Waals surface area contributed by atoms with Crippen molar-refractivity contribution < 1.29 is 27.5 Å². The number of hydrazone groups is 1. The lowest BCUT2D eigenvalue weighted by molar-refractivity contribution is -0.137. The van der Waals surface area contributed by atoms with E-state index in [1.807, 2.05) is 0 Å². The number of carboxylic acids is 1. The molecule has 2 aromatic carbocycles. The Morgan fingerprint density at radius 2 is 1.93 bits per heavy atom. The van der Waals surface area contributed by atoms with Gasteiger partial charge in [-0.1, -0.05) is 23.7 Å². The van der Waals surface area contributed by atoms with E-state index in [1.54, 1.807) is 12.1 Å². The van der Waals surface area contributed by atoms with Gasteiger partial charge in [0.2, 0.25) is 0 Å². The number of halogens is 4. The predicted molar refractivity (Wildman–Crippen MR) is 98.8 cm³/mol. The summed E-state index contributed by atoms with van der Waals surface area (Å²) in [5, 5.41) is 13.1. The number of nitrogens with zero attached hydrogens (tertiary/aromatic N) is 1. The van der Waals surface area contributed by atoms with E-state index in [0.29, 0.717) is 11.4 Å². The van der Waals surface area contributed by atoms with Crippen LogP contribution in [-0.2, 0) is 6.18 Å². The Labute approximate surface area is 162 Å². The van der Waals surface area contributed by atoms with Gasteiger partial charge >= 0.3 is 12.1 Å². The molecule has 0 amide bonds. The number of benzene rings is 2. The van der Waals surface area contributed by atoms with Crippen LogP contribution in [0.4, 0.5) is 18.9 Å². The number of furan rings is 1. The Kier molecular flexibility index (Phi) is 5.41. The average molecular weight is 409 g/mol. The summed E-state index contributed by atoms with van der Waals surface area (Å²) in [6.45, 7) is 0. The van der Waals surface area contributed by atoms with Crippen LogP contribution in [0.1, 0.15) is 21.7 Å². The first-order valence-electron chi connectivity index (χ1n) is 7.83. The lowest BCUT2D eigenvalue weighted by Gasteiger charge is -2.07. The molecule has 0 unspecified atom stereocenters. The average Bonchev–Trinajstić information content (AvgIpc) is 3.11. The summed E-state index contributed by atoms with van der Waals surface area (Å²) in [6, 6.07) is 12.1. The highest BCUT2D eigenvalue weighted by Crippen LogP contribution is 2.32. The second kappa shape index (κ2) is 7.77. The van der Waals surface area contributed by atoms with E-state index in [1.165, 1.54) is 36.5 Å². The van der Waals surface area contributed by atoms with Crippen LogP contribution in [0.3, 0.4) is 0 Å². The van der Waals surface area contributed by atoms with Gasteiger partial charge in [0.1, 0.15) is 11.5 Å². The fourth-order valence-electron chi connectivity index (χ4n) is 2.36. The van der Waals surface area contributed by atoms with E-state index < -0.39 is 17.7 Å². The van der Waals surface area contributed by atoms with Crippen molar-refractivity contribution in [2.24, 2.45) is 5.10 Å². The summed E-state index contributed by atoms with van der Waals surface area (Å²) in [4.78, 5) is 11.1. The Bertz CT molecular complexity index is 1040. The molecular weight excluding hydrogens is 397 g/mol. The number of hydrogen-bond donors (Lipinski definition) is 2. The molecule has 9 heteroatoms. The highest BCUT2D eigenvalue weighted by Gasteiger charge is 2.30. The number of nitrogens with one attached hydrogen (secondary N) is 1. The van der Waals surface area contributed by atoms with Crippen LogP contribution < -0.4 is 5.43 Å². The predicted octanol–water partition coefficient (Wildman–Crippen LogP) is 5.76. The number of carboxylic acid groups (broad SMARTS) is 1. The maximum absolute atomic E-state index is 12.8. The van der Waals surface area contributed by atoms with Gasteiger partial charge in [0.05, 0.1) is 28.1 Å². The van der Waals surface area contributed by atoms with Crippen molar-refractivity contribution in [1.82, 2.24) is 0 Å². The van der Waals surface area contributed by atoms with Crippen molar-refractivity contribution in [2.75, 3.05) is 5.43 Å². The van der Waals surface area contributed by atoms with E-state index in [9.17, 15) is 18.0 Å². The highest BCUT2D eigenvalue weighted by molar-refractivity contribution is 6.33. The zero-order valence-electron chi connectivity index (χ0n) is 14.0. The molecule has 0 aliphatic rings. The van der Waals surface area contributed by atoms with Gasteiger partial charge in [-0.05, 0) is 42.5 Å². The number of carbonyl (C=O) groups is 1. The molecule has 0 atom stereocenters. The quantitative estimate of drug-likeness (QED) is 0.415. The third-order valence-corrected chi connectivity index (χ3v) is 4.01. The minimum Gasteiger partial charge on any atom is -0.478 e. The second-order valence-electron chi connectivity index (χ2n) is 5.65. The molecule has 0 saturated heterocycles. The maximum Gasteiger partial charge on any atom is 0.416 e. The maximum atomic E-state index is 12.8. The number of rotatable bonds is 5. The molecule has 0 spiro atoms. The van der Waals surface area contributed by atoms with E-state index in [4.69, 9.17) is 21.1 Å². The molecular formula is C19H12ClF3N2O3. The molecule has 0 bridgehead atoms. The standard InChI is InChI=1S/C19H12ClF3N2O3/c20-16-6-4-13(9-15(16)18(26)27)25-24-10-14-5-7-17(28-14)11-2-1-3-12(8-11)19(21,22)23/h1-10,25H,(H,26,27). The van der Waals surface area contributed by atoms with Gasteiger partial charge in [0.15, 0.2) is 0 Å². The van der Waals surface area contributed by atoms with Crippen molar-refractivity contribution in [3.63, 3.8) is 0 Å². The molecule has 1 aromatic heterocycles. The van der Waals surface area contributed by atoms with Crippen LogP contribution in [0, 0.1) is 0 Å². The fraction of sp³-hybridized carbons (Fsp3) is 0.0526. The van der Waals surface area contributed by atoms with Gasteiger partial charge in [-0.15, -0.1) is 0 Å². The van der Waals surface area contributed by atoms with Crippen molar-refractivity contribution in [3.8, 4) is 11.3 Å². The zero-order valence-corrected chi connectivity index (χ0v) is 14.8. The summed E-state index contributed by atoms with van der Waals surface area (Å²) in [5.41, 5.74) is 2.46. The lowest BCUT2D eigenvalue weighted by Crippen LogP contribution is -2.04. The Balaban J connectivity index is 1.73. The summed E-state index contributed by atoms with van der Waals surface area (Å²) in [6.07, 6.45) is -3.13. The summed E-state index contributed by atoms with van der Waals surface area (Å²) in [7, 11) is 0. The van der Waals surface area contributed by atoms with Crippen LogP contribution in [0.5, 0.6) is 0 Å². The van der Waals surface area contributed by atoms with Gasteiger partial charge < -0.3 is 9.52 Å². The van der Waals surface area contributed by atoms with Crippen molar-refractivity contribution in [2.45, 2.75) is 6.18 Å². The van der Waals surface area contributed by atoms with Gasteiger partial charge in [-0.2, -0.15) is 18.3 Å². The SMILES string of the molecule is O=C(O)c1cc(NN=Cc2ccc(-c3cccc(C(F)(F)F)c3)o2)ccc1Cl. The van der Waals surface area contributed by atoms with E-state index in [0.717, 1.165) is 12.1 Å². The van der Waals surface area contributed by atoms with Crippen LogP contribution in [0.2, 0.25) is 5.02 Å². The Morgan fingerprint density at radius 3 is 2.64 bits per heavy atom. The van der Waals surface area contributed by atoms with Gasteiger partial charge in [-0.3, -0.25) is 5.43 Å². The first-order valence-corrected chi connectivity index (χ1v) is 8.21. The first-order chi connectivity index (χ1) is 13.2. The van der Waals surface area contributed by atoms with Crippen molar-refractivity contribution in [1.29, 1.82) is 0 Å². The molecule has 3 aromatic rings. The van der Waals surface area contributed by atoms with Crippen LogP contribution >= 0.6 is 11.6 Å².